The average Bonchev–Trinajstić information content (AvgIpc) is 3.54. The van der Waals surface area contributed by atoms with Crippen LogP contribution < -0.4 is 10.2 Å². The van der Waals surface area contributed by atoms with Crippen molar-refractivity contribution in [2.75, 3.05) is 16.8 Å². The fraction of sp³-hybridized carbons (Fsp3) is 0.308. The molecule has 0 saturated carbocycles. The van der Waals surface area contributed by atoms with Crippen molar-refractivity contribution in [2.24, 2.45) is 5.92 Å². The number of carbonyl (C=O) groups excluding carboxylic acids is 3. The normalized spacial score (nSPS) is 24.6. The molecule has 1 saturated heterocycles. The van der Waals surface area contributed by atoms with Crippen LogP contribution in [0.1, 0.15) is 40.4 Å². The van der Waals surface area contributed by atoms with Gasteiger partial charge < -0.3 is 24.9 Å². The van der Waals surface area contributed by atoms with Gasteiger partial charge in [0.15, 0.2) is 13.9 Å². The van der Waals surface area contributed by atoms with E-state index in [2.05, 4.69) is 5.32 Å². The molecular formula is C39H41N3O6Si. The zero-order valence-electron chi connectivity index (χ0n) is 27.9. The predicted molar refractivity (Wildman–Crippen MR) is 190 cm³/mol. The largest absolute Gasteiger partial charge is 0.432 e. The Hall–Kier alpha value is -4.61. The number of ether oxygens (including phenoxy) is 1. The summed E-state index contributed by atoms with van der Waals surface area (Å²) >= 11 is 0. The molecule has 49 heavy (non-hydrogen) atoms. The third-order valence-corrected chi connectivity index (χ3v) is 13.0. The van der Waals surface area contributed by atoms with Gasteiger partial charge in [0, 0.05) is 40.5 Å². The Labute approximate surface area is 287 Å². The van der Waals surface area contributed by atoms with Crippen molar-refractivity contribution in [3.05, 3.63) is 125 Å². The van der Waals surface area contributed by atoms with Gasteiger partial charge in [0.1, 0.15) is 0 Å². The summed E-state index contributed by atoms with van der Waals surface area (Å²) < 4.78 is 6.96. The number of anilines is 3. The van der Waals surface area contributed by atoms with Crippen LogP contribution in [0.25, 0.3) is 0 Å². The van der Waals surface area contributed by atoms with Gasteiger partial charge in [0.2, 0.25) is 5.91 Å². The molecule has 252 valence electrons. The first kappa shape index (κ1) is 32.9. The number of benzene rings is 4. The fourth-order valence-electron chi connectivity index (χ4n) is 8.24. The quantitative estimate of drug-likeness (QED) is 0.215. The van der Waals surface area contributed by atoms with Crippen molar-refractivity contribution < 1.29 is 29.0 Å². The maximum absolute atomic E-state index is 14.9. The Morgan fingerprint density at radius 3 is 2.27 bits per heavy atom. The van der Waals surface area contributed by atoms with Crippen molar-refractivity contribution in [1.29, 1.82) is 0 Å². The van der Waals surface area contributed by atoms with E-state index in [-0.39, 0.29) is 36.8 Å². The number of nitrogens with zero attached hydrogens (tertiary/aromatic N) is 2. The average molecular weight is 676 g/mol. The van der Waals surface area contributed by atoms with Gasteiger partial charge in [0.05, 0.1) is 30.9 Å². The molecule has 3 N–H and O–H groups in total. The summed E-state index contributed by atoms with van der Waals surface area (Å²) in [7, 11) is -3.06. The van der Waals surface area contributed by atoms with Gasteiger partial charge in [-0.3, -0.25) is 19.3 Å². The summed E-state index contributed by atoms with van der Waals surface area (Å²) in [4.78, 5) is 57.4. The van der Waals surface area contributed by atoms with E-state index < -0.39 is 31.5 Å². The fourth-order valence-corrected chi connectivity index (χ4v) is 10.8. The molecule has 0 aliphatic carbocycles. The molecule has 0 bridgehead atoms. The Kier molecular flexibility index (Phi) is 8.52. The van der Waals surface area contributed by atoms with Crippen molar-refractivity contribution >= 4 is 43.1 Å². The minimum Gasteiger partial charge on any atom is -0.432 e. The molecule has 10 heteroatoms. The molecular weight excluding hydrogens is 635 g/mol. The highest BCUT2D eigenvalue weighted by molar-refractivity contribution is 6.71. The molecule has 4 aromatic carbocycles. The second kappa shape index (κ2) is 12.7. The maximum Gasteiger partial charge on any atom is 0.268 e. The van der Waals surface area contributed by atoms with Crippen molar-refractivity contribution in [3.63, 3.8) is 0 Å². The lowest BCUT2D eigenvalue weighted by Crippen LogP contribution is -2.48. The highest BCUT2D eigenvalue weighted by Gasteiger charge is 2.67. The molecule has 0 aromatic heterocycles. The summed E-state index contributed by atoms with van der Waals surface area (Å²) in [6, 6.07) is 31.2. The molecule has 4 aromatic rings. The SMILES string of the molecule is C[C@H]1[C@H]([Si](C)(C)O)[C@@H](CC(=O)N2Cc3ccccc3C[C@H]2CO)O[C@]12C(=O)N(c1ccccc1)c1ccc(NC(=O)c3ccccc3)cc12. The smallest absolute Gasteiger partial charge is 0.268 e. The third kappa shape index (κ3) is 5.68. The zero-order chi connectivity index (χ0) is 34.5. The molecule has 3 heterocycles. The lowest BCUT2D eigenvalue weighted by Gasteiger charge is -2.37. The van der Waals surface area contributed by atoms with Crippen molar-refractivity contribution in [2.45, 2.75) is 62.7 Å². The Morgan fingerprint density at radius 1 is 0.939 bits per heavy atom. The summed E-state index contributed by atoms with van der Waals surface area (Å²) in [5.74, 6) is -1.29. The van der Waals surface area contributed by atoms with Gasteiger partial charge in [-0.25, -0.2) is 0 Å². The molecule has 3 aliphatic rings. The van der Waals surface area contributed by atoms with Crippen LogP contribution in [-0.4, -0.2) is 59.6 Å². The van der Waals surface area contributed by atoms with Crippen LogP contribution in [0.15, 0.2) is 103 Å². The van der Waals surface area contributed by atoms with Crippen LogP contribution >= 0.6 is 0 Å². The van der Waals surface area contributed by atoms with Crippen LogP contribution in [0.2, 0.25) is 18.6 Å². The molecule has 3 amide bonds. The predicted octanol–water partition coefficient (Wildman–Crippen LogP) is 5.75. The van der Waals surface area contributed by atoms with Gasteiger partial charge in [-0.05, 0) is 73.1 Å². The molecule has 0 radical (unpaired) electrons. The summed E-state index contributed by atoms with van der Waals surface area (Å²) in [5.41, 5.74) is 3.02. The first-order valence-corrected chi connectivity index (χ1v) is 19.8. The molecule has 3 aliphatic heterocycles. The summed E-state index contributed by atoms with van der Waals surface area (Å²) in [6.45, 7) is 5.78. The summed E-state index contributed by atoms with van der Waals surface area (Å²) in [6.07, 6.45) is -0.269. The standard InChI is InChI=1S/C39H41N3O6Si/c1-25-36(49(2,3)47)34(22-35(44)41-23-28-15-11-10-14-27(28)20-31(41)24-43)48-39(25)32-21-29(40-37(45)26-12-6-4-7-13-26)18-19-33(32)42(38(39)46)30-16-8-5-9-17-30/h4-19,21,25,31,34,36,43,47H,20,22-24H2,1-3H3,(H,40,45)/t25-,31-,34+,36-,39+/m0/s1. The van der Waals surface area contributed by atoms with E-state index in [4.69, 9.17) is 4.74 Å². The minimum absolute atomic E-state index is 0.0508. The van der Waals surface area contributed by atoms with Gasteiger partial charge in [0.25, 0.3) is 11.8 Å². The van der Waals surface area contributed by atoms with E-state index in [0.29, 0.717) is 41.2 Å². The number of carbonyl (C=O) groups is 3. The number of aliphatic hydroxyl groups excluding tert-OH is 1. The van der Waals surface area contributed by atoms with Gasteiger partial charge in [-0.2, -0.15) is 0 Å². The topological polar surface area (TPSA) is 119 Å². The maximum atomic E-state index is 14.9. The van der Waals surface area contributed by atoms with Crippen LogP contribution in [0.4, 0.5) is 17.1 Å². The number of fused-ring (bicyclic) bond motifs is 3. The molecule has 5 atom stereocenters. The minimum atomic E-state index is -3.06. The molecule has 0 unspecified atom stereocenters. The highest BCUT2D eigenvalue weighted by Crippen LogP contribution is 2.61. The van der Waals surface area contributed by atoms with Crippen molar-refractivity contribution in [3.8, 4) is 0 Å². The van der Waals surface area contributed by atoms with E-state index >= 15 is 0 Å². The van der Waals surface area contributed by atoms with E-state index in [1.54, 1.807) is 46.2 Å². The van der Waals surface area contributed by atoms with Gasteiger partial charge in [-0.15, -0.1) is 0 Å². The second-order valence-electron chi connectivity index (χ2n) is 13.9. The Balaban J connectivity index is 1.28. The number of aliphatic hydroxyl groups is 1. The van der Waals surface area contributed by atoms with Crippen molar-refractivity contribution in [1.82, 2.24) is 4.90 Å². The lowest BCUT2D eigenvalue weighted by atomic mass is 9.82. The number of para-hydroxylation sites is 1. The zero-order valence-corrected chi connectivity index (χ0v) is 28.9. The first-order valence-electron chi connectivity index (χ1n) is 16.8. The van der Waals surface area contributed by atoms with Crippen LogP contribution in [0.5, 0.6) is 0 Å². The van der Waals surface area contributed by atoms with Crippen LogP contribution in [0.3, 0.4) is 0 Å². The number of nitrogens with one attached hydrogen (secondary N) is 1. The lowest BCUT2D eigenvalue weighted by molar-refractivity contribution is -0.150. The van der Waals surface area contributed by atoms with Crippen LogP contribution in [0, 0.1) is 5.92 Å². The number of hydrogen-bond donors (Lipinski definition) is 3. The molecule has 1 fully saturated rings. The number of hydrogen-bond acceptors (Lipinski definition) is 6. The number of rotatable bonds is 7. The van der Waals surface area contributed by atoms with E-state index in [0.717, 1.165) is 11.1 Å². The molecule has 1 spiro atoms. The third-order valence-electron chi connectivity index (χ3n) is 10.5. The highest BCUT2D eigenvalue weighted by atomic mass is 28.4. The second-order valence-corrected chi connectivity index (χ2v) is 17.9. The summed E-state index contributed by atoms with van der Waals surface area (Å²) in [5, 5.41) is 13.3. The van der Waals surface area contributed by atoms with E-state index in [1.807, 2.05) is 86.7 Å². The van der Waals surface area contributed by atoms with Gasteiger partial charge >= 0.3 is 0 Å². The molecule has 9 nitrogen and oxygen atoms in total. The molecule has 7 rings (SSSR count). The number of amides is 3. The van der Waals surface area contributed by atoms with E-state index in [1.165, 1.54) is 0 Å². The van der Waals surface area contributed by atoms with Gasteiger partial charge in [-0.1, -0.05) is 67.6 Å². The Morgan fingerprint density at radius 2 is 1.59 bits per heavy atom. The monoisotopic (exact) mass is 675 g/mol. The Bertz CT molecular complexity index is 1900. The van der Waals surface area contributed by atoms with Crippen LogP contribution in [-0.2, 0) is 32.9 Å². The van der Waals surface area contributed by atoms with E-state index in [9.17, 15) is 24.3 Å². The first-order chi connectivity index (χ1) is 23.5.